The van der Waals surface area contributed by atoms with E-state index in [-0.39, 0.29) is 10.6 Å². The van der Waals surface area contributed by atoms with Gasteiger partial charge in [0.1, 0.15) is 11.6 Å². The second kappa shape index (κ2) is 6.03. The largest absolute Gasteiger partial charge is 0.496 e. The first-order valence-corrected chi connectivity index (χ1v) is 8.17. The van der Waals surface area contributed by atoms with E-state index in [2.05, 4.69) is 15.9 Å². The summed E-state index contributed by atoms with van der Waals surface area (Å²) >= 11 is 3.25. The standard InChI is InChI=1S/C14H13BrFNO3S/c1-17(11-5-3-4-10(16)8-11)21(18,19)12-6-7-14(20-2)13(15)9-12/h3-9H,1-2H3. The van der Waals surface area contributed by atoms with Crippen LogP contribution in [0.3, 0.4) is 0 Å². The van der Waals surface area contributed by atoms with Crippen LogP contribution in [0, 0.1) is 5.82 Å². The van der Waals surface area contributed by atoms with Gasteiger partial charge >= 0.3 is 0 Å². The van der Waals surface area contributed by atoms with Crippen molar-refractivity contribution in [3.8, 4) is 5.75 Å². The van der Waals surface area contributed by atoms with Crippen molar-refractivity contribution in [2.45, 2.75) is 4.90 Å². The SMILES string of the molecule is COc1ccc(S(=O)(=O)N(C)c2cccc(F)c2)cc1Br. The molecule has 0 fully saturated rings. The van der Waals surface area contributed by atoms with Gasteiger partial charge in [0.15, 0.2) is 0 Å². The fraction of sp³-hybridized carbons (Fsp3) is 0.143. The molecule has 2 rings (SSSR count). The predicted molar refractivity (Wildman–Crippen MR) is 82.7 cm³/mol. The molecule has 0 aromatic heterocycles. The van der Waals surface area contributed by atoms with Crippen LogP contribution in [0.1, 0.15) is 0 Å². The second-order valence-electron chi connectivity index (χ2n) is 4.25. The van der Waals surface area contributed by atoms with Crippen molar-refractivity contribution >= 4 is 31.6 Å². The Labute approximate surface area is 131 Å². The van der Waals surface area contributed by atoms with E-state index in [1.165, 1.54) is 44.5 Å². The topological polar surface area (TPSA) is 46.6 Å². The fourth-order valence-electron chi connectivity index (χ4n) is 1.78. The van der Waals surface area contributed by atoms with Crippen LogP contribution < -0.4 is 9.04 Å². The van der Waals surface area contributed by atoms with Crippen LogP contribution in [0.25, 0.3) is 0 Å². The van der Waals surface area contributed by atoms with Crippen LogP contribution in [0.2, 0.25) is 0 Å². The lowest BCUT2D eigenvalue weighted by molar-refractivity contribution is 0.411. The number of nitrogens with zero attached hydrogens (tertiary/aromatic N) is 1. The summed E-state index contributed by atoms with van der Waals surface area (Å²) in [7, 11) is -0.905. The minimum Gasteiger partial charge on any atom is -0.496 e. The van der Waals surface area contributed by atoms with Gasteiger partial charge in [-0.25, -0.2) is 12.8 Å². The summed E-state index contributed by atoms with van der Waals surface area (Å²) in [6.45, 7) is 0. The molecule has 0 saturated carbocycles. The summed E-state index contributed by atoms with van der Waals surface area (Å²) in [6.07, 6.45) is 0. The van der Waals surface area contributed by atoms with Crippen LogP contribution >= 0.6 is 15.9 Å². The lowest BCUT2D eigenvalue weighted by Gasteiger charge is -2.20. The second-order valence-corrected chi connectivity index (χ2v) is 7.07. The molecule has 0 atom stereocenters. The Kier molecular flexibility index (Phi) is 4.53. The van der Waals surface area contributed by atoms with Gasteiger partial charge in [-0.1, -0.05) is 6.07 Å². The molecule has 0 bridgehead atoms. The van der Waals surface area contributed by atoms with E-state index in [0.29, 0.717) is 10.2 Å². The molecular weight excluding hydrogens is 361 g/mol. The van der Waals surface area contributed by atoms with Gasteiger partial charge in [-0.2, -0.15) is 0 Å². The van der Waals surface area contributed by atoms with E-state index in [0.717, 1.165) is 10.4 Å². The van der Waals surface area contributed by atoms with Crippen LogP contribution in [0.4, 0.5) is 10.1 Å². The number of hydrogen-bond donors (Lipinski definition) is 0. The molecule has 0 amide bonds. The molecule has 2 aromatic rings. The Morgan fingerprint density at radius 1 is 1.19 bits per heavy atom. The lowest BCUT2D eigenvalue weighted by Crippen LogP contribution is -2.26. The summed E-state index contributed by atoms with van der Waals surface area (Å²) in [5.41, 5.74) is 0.252. The zero-order valence-electron chi connectivity index (χ0n) is 11.4. The third-order valence-corrected chi connectivity index (χ3v) is 5.35. The molecule has 4 nitrogen and oxygen atoms in total. The first-order chi connectivity index (χ1) is 9.86. The first-order valence-electron chi connectivity index (χ1n) is 5.94. The highest BCUT2D eigenvalue weighted by Crippen LogP contribution is 2.30. The lowest BCUT2D eigenvalue weighted by atomic mass is 10.3. The van der Waals surface area contributed by atoms with Gasteiger partial charge in [0, 0.05) is 7.05 Å². The molecule has 0 unspecified atom stereocenters. The number of sulfonamides is 1. The maximum absolute atomic E-state index is 13.2. The molecule has 0 aliphatic heterocycles. The van der Waals surface area contributed by atoms with Crippen molar-refractivity contribution in [2.75, 3.05) is 18.5 Å². The van der Waals surface area contributed by atoms with E-state index in [1.807, 2.05) is 0 Å². The van der Waals surface area contributed by atoms with Gasteiger partial charge in [-0.15, -0.1) is 0 Å². The molecule has 0 aliphatic rings. The molecule has 112 valence electrons. The summed E-state index contributed by atoms with van der Waals surface area (Å²) in [6, 6.07) is 9.85. The van der Waals surface area contributed by atoms with Crippen LogP contribution in [0.5, 0.6) is 5.75 Å². The van der Waals surface area contributed by atoms with Crippen molar-refractivity contribution in [2.24, 2.45) is 0 Å². The normalized spacial score (nSPS) is 11.2. The van der Waals surface area contributed by atoms with Crippen molar-refractivity contribution in [3.63, 3.8) is 0 Å². The number of hydrogen-bond acceptors (Lipinski definition) is 3. The van der Waals surface area contributed by atoms with Gasteiger partial charge in [-0.3, -0.25) is 4.31 Å². The number of methoxy groups -OCH3 is 1. The van der Waals surface area contributed by atoms with Gasteiger partial charge in [0.2, 0.25) is 0 Å². The Balaban J connectivity index is 2.44. The number of rotatable bonds is 4. The van der Waals surface area contributed by atoms with Gasteiger partial charge < -0.3 is 4.74 Å². The molecule has 7 heteroatoms. The van der Waals surface area contributed by atoms with Crippen molar-refractivity contribution in [1.29, 1.82) is 0 Å². The average Bonchev–Trinajstić information content (AvgIpc) is 2.46. The van der Waals surface area contributed by atoms with Crippen LogP contribution in [-0.4, -0.2) is 22.6 Å². The fourth-order valence-corrected chi connectivity index (χ4v) is 3.68. The van der Waals surface area contributed by atoms with Crippen LogP contribution in [0.15, 0.2) is 51.8 Å². The van der Waals surface area contributed by atoms with E-state index in [4.69, 9.17) is 4.74 Å². The van der Waals surface area contributed by atoms with Crippen molar-refractivity contribution in [3.05, 3.63) is 52.8 Å². The molecular formula is C14H13BrFNO3S. The highest BCUT2D eigenvalue weighted by atomic mass is 79.9. The third kappa shape index (κ3) is 3.19. The molecule has 0 heterocycles. The van der Waals surface area contributed by atoms with E-state index in [1.54, 1.807) is 6.07 Å². The van der Waals surface area contributed by atoms with Gasteiger partial charge in [0.05, 0.1) is 22.2 Å². The zero-order valence-corrected chi connectivity index (χ0v) is 13.8. The Morgan fingerprint density at radius 2 is 1.90 bits per heavy atom. The number of anilines is 1. The number of halogens is 2. The quantitative estimate of drug-likeness (QED) is 0.824. The van der Waals surface area contributed by atoms with E-state index < -0.39 is 15.8 Å². The third-order valence-electron chi connectivity index (χ3n) is 2.95. The van der Waals surface area contributed by atoms with Gasteiger partial charge in [0.25, 0.3) is 10.0 Å². The summed E-state index contributed by atoms with van der Waals surface area (Å²) < 4.78 is 44.9. The highest BCUT2D eigenvalue weighted by Gasteiger charge is 2.22. The Hall–Kier alpha value is -1.60. The molecule has 2 aromatic carbocycles. The van der Waals surface area contributed by atoms with E-state index >= 15 is 0 Å². The molecule has 0 radical (unpaired) electrons. The maximum atomic E-state index is 13.2. The molecule has 21 heavy (non-hydrogen) atoms. The Morgan fingerprint density at radius 3 is 2.48 bits per heavy atom. The monoisotopic (exact) mass is 373 g/mol. The minimum atomic E-state index is -3.78. The van der Waals surface area contributed by atoms with Gasteiger partial charge in [-0.05, 0) is 52.3 Å². The minimum absolute atomic E-state index is 0.0851. The summed E-state index contributed by atoms with van der Waals surface area (Å²) in [5, 5.41) is 0. The zero-order chi connectivity index (χ0) is 15.6. The smallest absolute Gasteiger partial charge is 0.264 e. The molecule has 0 N–H and O–H groups in total. The van der Waals surface area contributed by atoms with Crippen molar-refractivity contribution < 1.29 is 17.5 Å². The average molecular weight is 374 g/mol. The Bertz CT molecular complexity index is 765. The number of ether oxygens (including phenoxy) is 1. The summed E-state index contributed by atoms with van der Waals surface area (Å²) in [4.78, 5) is 0.0851. The predicted octanol–water partition coefficient (Wildman–Crippen LogP) is 3.42. The molecule has 0 saturated heterocycles. The summed E-state index contributed by atoms with van der Waals surface area (Å²) in [5.74, 6) is 0.0350. The van der Waals surface area contributed by atoms with Crippen LogP contribution in [-0.2, 0) is 10.0 Å². The molecule has 0 aliphatic carbocycles. The number of benzene rings is 2. The highest BCUT2D eigenvalue weighted by molar-refractivity contribution is 9.10. The van der Waals surface area contributed by atoms with E-state index in [9.17, 15) is 12.8 Å². The molecule has 0 spiro atoms. The van der Waals surface area contributed by atoms with Crippen molar-refractivity contribution in [1.82, 2.24) is 0 Å². The maximum Gasteiger partial charge on any atom is 0.264 e. The first kappa shape index (κ1) is 15.8.